The number of Topliss-reactive ketones (excluding diaryl/α,β-unsaturated/α-hetero) is 1. The predicted octanol–water partition coefficient (Wildman–Crippen LogP) is 0.424. The van der Waals surface area contributed by atoms with E-state index >= 15 is 0 Å². The fourth-order valence-corrected chi connectivity index (χ4v) is 0.136. The van der Waals surface area contributed by atoms with Crippen molar-refractivity contribution in [3.8, 4) is 0 Å². The van der Waals surface area contributed by atoms with Crippen LogP contribution >= 0.6 is 0 Å². The van der Waals surface area contributed by atoms with Crippen molar-refractivity contribution >= 4 is 27.8 Å². The number of hydrogen-bond donors (Lipinski definition) is 0. The number of ketones is 1. The average Bonchev–Trinajstić information content (AvgIpc) is 1.66. The van der Waals surface area contributed by atoms with Gasteiger partial charge in [-0.15, -0.1) is 0 Å². The zero-order valence-electron chi connectivity index (χ0n) is 6.68. The Balaban J connectivity index is -0.0000000910. The quantitative estimate of drug-likeness (QED) is 0.619. The molecule has 0 aliphatic heterocycles. The zero-order chi connectivity index (χ0) is 7.70. The molecule has 0 aliphatic carbocycles. The predicted molar refractivity (Wildman–Crippen MR) is 44.1 cm³/mol. The van der Waals surface area contributed by atoms with Crippen LogP contribution in [0.25, 0.3) is 0 Å². The Hall–Kier alpha value is 0.488. The van der Waals surface area contributed by atoms with Crippen LogP contribution in [0.15, 0.2) is 0 Å². The second kappa shape index (κ2) is 16.2. The van der Waals surface area contributed by atoms with Crippen LogP contribution in [0.3, 0.4) is 0 Å². The summed E-state index contributed by atoms with van der Waals surface area (Å²) in [5, 5.41) is 0. The molecule has 5 heteroatoms. The molecule has 0 rings (SSSR count). The second-order valence-corrected chi connectivity index (χ2v) is 1.74. The molecule has 0 fully saturated rings. The monoisotopic (exact) mass is 223 g/mol. The van der Waals surface area contributed by atoms with E-state index in [2.05, 4.69) is 0 Å². The van der Waals surface area contributed by atoms with Crippen molar-refractivity contribution in [2.24, 2.45) is 0 Å². The van der Waals surface area contributed by atoms with E-state index in [0.717, 1.165) is 6.32 Å². The van der Waals surface area contributed by atoms with Gasteiger partial charge in [-0.2, -0.15) is 0 Å². The molecule has 0 aliphatic rings. The summed E-state index contributed by atoms with van der Waals surface area (Å²) in [6.07, 6.45) is 1.04. The summed E-state index contributed by atoms with van der Waals surface area (Å²) in [7, 11) is 8.42. The molecule has 0 saturated heterocycles. The van der Waals surface area contributed by atoms with Crippen molar-refractivity contribution in [3.63, 3.8) is 0 Å². The summed E-state index contributed by atoms with van der Waals surface area (Å²) in [5.41, 5.74) is 0. The smallest absolute Gasteiger partial charge is 0.126 e. The summed E-state index contributed by atoms with van der Waals surface area (Å²) in [6, 6.07) is 0. The third-order valence-electron chi connectivity index (χ3n) is 0.372. The number of hydrogen-bond acceptors (Lipinski definition) is 1. The normalized spacial score (nSPS) is 5.90. The molecule has 0 N–H and O–H groups in total. The van der Waals surface area contributed by atoms with Crippen molar-refractivity contribution in [2.75, 3.05) is 0 Å². The van der Waals surface area contributed by atoms with Crippen molar-refractivity contribution in [3.05, 3.63) is 0 Å². The Morgan fingerprint density at radius 3 is 1.80 bits per heavy atom. The van der Waals surface area contributed by atoms with Crippen molar-refractivity contribution in [1.29, 1.82) is 0 Å². The van der Waals surface area contributed by atoms with Crippen LogP contribution in [0.2, 0.25) is 6.32 Å². The molecular weight excluding hydrogens is 211 g/mol. The molecule has 10 heavy (non-hydrogen) atoms. The van der Waals surface area contributed by atoms with Crippen LogP contribution in [0, 0.1) is 0 Å². The third-order valence-corrected chi connectivity index (χ3v) is 0.372. The van der Waals surface area contributed by atoms with Crippen molar-refractivity contribution < 1.29 is 24.3 Å². The molecule has 0 aromatic carbocycles. The first-order valence-corrected chi connectivity index (χ1v) is 2.99. The zero-order valence-corrected chi connectivity index (χ0v) is 8.32. The van der Waals surface area contributed by atoms with E-state index < -0.39 is 0 Å². The van der Waals surface area contributed by atoms with E-state index in [1.54, 1.807) is 7.06 Å². The SMILES string of the molecule is CC(C)=O.[B][B][B]CC.[Rh]. The average molecular weight is 222 g/mol. The van der Waals surface area contributed by atoms with E-state index in [1.807, 2.05) is 14.1 Å². The fourth-order valence-electron chi connectivity index (χ4n) is 0.136. The molecule has 0 heterocycles. The van der Waals surface area contributed by atoms with Crippen LogP contribution in [-0.4, -0.2) is 27.8 Å². The minimum Gasteiger partial charge on any atom is -0.300 e. The van der Waals surface area contributed by atoms with E-state index in [0.29, 0.717) is 0 Å². The van der Waals surface area contributed by atoms with Gasteiger partial charge in [0.05, 0.1) is 7.17 Å². The Labute approximate surface area is 79.3 Å². The van der Waals surface area contributed by atoms with Gasteiger partial charge >= 0.3 is 0 Å². The van der Waals surface area contributed by atoms with Gasteiger partial charge in [0.25, 0.3) is 0 Å². The van der Waals surface area contributed by atoms with Gasteiger partial charge in [-0.25, -0.2) is 0 Å². The fraction of sp³-hybridized carbons (Fsp3) is 0.800. The third kappa shape index (κ3) is 76.9. The first kappa shape index (κ1) is 16.8. The molecule has 0 amide bonds. The van der Waals surface area contributed by atoms with Gasteiger partial charge in [-0.05, 0) is 13.8 Å². The Kier molecular flexibility index (Phi) is 27.3. The van der Waals surface area contributed by atoms with Gasteiger partial charge in [-0.1, -0.05) is 13.2 Å². The van der Waals surface area contributed by atoms with Gasteiger partial charge in [0.1, 0.15) is 5.78 Å². The van der Waals surface area contributed by atoms with Gasteiger partial charge in [-0.3, -0.25) is 0 Å². The van der Waals surface area contributed by atoms with Gasteiger partial charge < -0.3 is 4.79 Å². The van der Waals surface area contributed by atoms with Crippen LogP contribution < -0.4 is 0 Å². The van der Waals surface area contributed by atoms with E-state index in [4.69, 9.17) is 7.74 Å². The summed E-state index contributed by atoms with van der Waals surface area (Å²) in [5.74, 6) is 0.167. The molecule has 0 aromatic rings. The summed E-state index contributed by atoms with van der Waals surface area (Å²) < 4.78 is 0. The minimum absolute atomic E-state index is 0. The summed E-state index contributed by atoms with van der Waals surface area (Å²) >= 11 is 0. The van der Waals surface area contributed by atoms with Crippen LogP contribution in [0.4, 0.5) is 0 Å². The molecule has 0 spiro atoms. The maximum atomic E-state index is 9.44. The molecule has 1 nitrogen and oxygen atoms in total. The molecule has 55 valence electrons. The van der Waals surface area contributed by atoms with Crippen molar-refractivity contribution in [2.45, 2.75) is 27.1 Å². The van der Waals surface area contributed by atoms with Gasteiger partial charge in [0.15, 0.2) is 0 Å². The van der Waals surface area contributed by atoms with Crippen LogP contribution in [0.5, 0.6) is 0 Å². The Morgan fingerprint density at radius 2 is 1.80 bits per heavy atom. The maximum absolute atomic E-state index is 9.44. The number of carbonyl (C=O) groups excluding carboxylic acids is 1. The Bertz CT molecular complexity index is 63.9. The topological polar surface area (TPSA) is 17.1 Å². The molecule has 0 saturated carbocycles. The molecule has 5 radical (unpaired) electrons. The van der Waals surface area contributed by atoms with Gasteiger partial charge in [0, 0.05) is 34.3 Å². The Morgan fingerprint density at radius 1 is 1.50 bits per heavy atom. The maximum Gasteiger partial charge on any atom is 0.126 e. The molecule has 0 aromatic heterocycles. The molecule has 0 atom stereocenters. The number of carbonyl (C=O) groups is 1. The van der Waals surface area contributed by atoms with Crippen molar-refractivity contribution in [1.82, 2.24) is 0 Å². The van der Waals surface area contributed by atoms with Crippen LogP contribution in [-0.2, 0) is 24.3 Å². The van der Waals surface area contributed by atoms with E-state index in [1.165, 1.54) is 13.8 Å². The van der Waals surface area contributed by atoms with Crippen LogP contribution in [0.1, 0.15) is 20.8 Å². The minimum atomic E-state index is 0. The summed E-state index contributed by atoms with van der Waals surface area (Å²) in [6.45, 7) is 5.10. The molecular formula is C5H11B3ORh. The summed E-state index contributed by atoms with van der Waals surface area (Å²) in [4.78, 5) is 9.44. The van der Waals surface area contributed by atoms with E-state index in [9.17, 15) is 4.79 Å². The first-order valence-electron chi connectivity index (χ1n) is 2.99. The molecule has 0 unspecified atom stereocenters. The standard InChI is InChI=1S/C3H6O.C2H5B3.Rh/c1-3(2)4;1-2-4-5-3;/h1-2H3;2H2,1H3;. The van der Waals surface area contributed by atoms with E-state index in [-0.39, 0.29) is 25.3 Å². The van der Waals surface area contributed by atoms with Gasteiger partial charge in [0.2, 0.25) is 0 Å². The first-order chi connectivity index (χ1) is 4.15. The second-order valence-electron chi connectivity index (χ2n) is 1.74. The molecule has 0 bridgehead atoms. The largest absolute Gasteiger partial charge is 0.300 e. The number of rotatable bonds is 2.